The normalized spacial score (nSPS) is 15.4. The fourth-order valence-electron chi connectivity index (χ4n) is 1.89. The number of nitrogens with zero attached hydrogens (tertiary/aromatic N) is 3. The van der Waals surface area contributed by atoms with Crippen LogP contribution < -0.4 is 0 Å². The van der Waals surface area contributed by atoms with Gasteiger partial charge in [0, 0.05) is 19.6 Å². The Balaban J connectivity index is 2.08. The van der Waals surface area contributed by atoms with Crippen LogP contribution in [0.4, 0.5) is 0 Å². The second-order valence-corrected chi connectivity index (χ2v) is 4.57. The van der Waals surface area contributed by atoms with Gasteiger partial charge in [0.2, 0.25) is 0 Å². The summed E-state index contributed by atoms with van der Waals surface area (Å²) in [6.07, 6.45) is 2.18. The molecule has 0 bridgehead atoms. The molecule has 1 aromatic rings. The molecule has 0 radical (unpaired) electrons. The molecule has 5 nitrogen and oxygen atoms in total. The number of carbonyl (C=O) groups is 1. The lowest BCUT2D eigenvalue weighted by molar-refractivity contribution is 0.0689. The summed E-state index contributed by atoms with van der Waals surface area (Å²) in [5.74, 6) is -0.956. The van der Waals surface area contributed by atoms with Crippen LogP contribution in [-0.2, 0) is 13.1 Å². The summed E-state index contributed by atoms with van der Waals surface area (Å²) in [5, 5.41) is 12.9. The van der Waals surface area contributed by atoms with E-state index in [2.05, 4.69) is 29.9 Å². The van der Waals surface area contributed by atoms with E-state index in [0.29, 0.717) is 0 Å². The molecule has 0 aliphatic carbocycles. The number of fused-ring (bicyclic) bond motifs is 1. The first kappa shape index (κ1) is 11.9. The summed E-state index contributed by atoms with van der Waals surface area (Å²) < 4.78 is 1.79. The number of allylic oxidation sites excluding steroid dienone is 1. The maximum absolute atomic E-state index is 10.8. The minimum Gasteiger partial charge on any atom is -0.476 e. The van der Waals surface area contributed by atoms with E-state index in [0.717, 1.165) is 31.9 Å². The summed E-state index contributed by atoms with van der Waals surface area (Å²) >= 11 is 0. The van der Waals surface area contributed by atoms with Gasteiger partial charge in [0.25, 0.3) is 0 Å². The minimum absolute atomic E-state index is 0.143. The average molecular weight is 235 g/mol. The summed E-state index contributed by atoms with van der Waals surface area (Å²) in [5.41, 5.74) is 2.43. The monoisotopic (exact) mass is 235 g/mol. The highest BCUT2D eigenvalue weighted by Gasteiger charge is 2.19. The van der Waals surface area contributed by atoms with Crippen molar-refractivity contribution in [3.63, 3.8) is 0 Å². The molecule has 0 aromatic carbocycles. The average Bonchev–Trinajstić information content (AvgIpc) is 2.69. The third-order valence-electron chi connectivity index (χ3n) is 2.85. The fraction of sp³-hybridized carbons (Fsp3) is 0.500. The Morgan fingerprint density at radius 2 is 2.29 bits per heavy atom. The van der Waals surface area contributed by atoms with Crippen molar-refractivity contribution in [1.29, 1.82) is 0 Å². The zero-order chi connectivity index (χ0) is 12.4. The maximum Gasteiger partial charge on any atom is 0.356 e. The van der Waals surface area contributed by atoms with Crippen LogP contribution in [0.2, 0.25) is 0 Å². The van der Waals surface area contributed by atoms with E-state index < -0.39 is 5.97 Å². The number of aromatic carboxylic acids is 1. The smallest absolute Gasteiger partial charge is 0.356 e. The third-order valence-corrected chi connectivity index (χ3v) is 2.85. The molecular formula is C12H17N3O2. The summed E-state index contributed by atoms with van der Waals surface area (Å²) in [6.45, 7) is 7.52. The maximum atomic E-state index is 10.8. The van der Waals surface area contributed by atoms with Gasteiger partial charge >= 0.3 is 5.97 Å². The number of hydrogen-bond acceptors (Lipinski definition) is 3. The molecule has 2 heterocycles. The van der Waals surface area contributed by atoms with Gasteiger partial charge in [-0.3, -0.25) is 9.58 Å². The molecule has 0 fully saturated rings. The fourth-order valence-corrected chi connectivity index (χ4v) is 1.89. The number of carboxylic acids is 1. The Morgan fingerprint density at radius 3 is 2.94 bits per heavy atom. The van der Waals surface area contributed by atoms with Crippen LogP contribution in [0.25, 0.3) is 0 Å². The van der Waals surface area contributed by atoms with E-state index in [1.54, 1.807) is 10.7 Å². The second-order valence-electron chi connectivity index (χ2n) is 4.57. The van der Waals surface area contributed by atoms with E-state index in [1.807, 2.05) is 0 Å². The van der Waals surface area contributed by atoms with Crippen molar-refractivity contribution in [1.82, 2.24) is 14.7 Å². The molecule has 17 heavy (non-hydrogen) atoms. The lowest BCUT2D eigenvalue weighted by Crippen LogP contribution is -2.33. The molecule has 1 aliphatic heterocycles. The van der Waals surface area contributed by atoms with Gasteiger partial charge in [-0.25, -0.2) is 4.79 Å². The lowest BCUT2D eigenvalue weighted by Gasteiger charge is -2.26. The highest BCUT2D eigenvalue weighted by Crippen LogP contribution is 2.13. The molecule has 0 saturated heterocycles. The molecule has 0 spiro atoms. The molecule has 0 amide bonds. The van der Waals surface area contributed by atoms with Gasteiger partial charge in [-0.05, 0) is 19.9 Å². The summed E-state index contributed by atoms with van der Waals surface area (Å²) in [4.78, 5) is 13.1. The van der Waals surface area contributed by atoms with Crippen molar-refractivity contribution in [3.05, 3.63) is 29.1 Å². The van der Waals surface area contributed by atoms with Crippen LogP contribution in [0.3, 0.4) is 0 Å². The van der Waals surface area contributed by atoms with E-state index in [1.165, 1.54) is 5.57 Å². The first-order chi connectivity index (χ1) is 8.06. The largest absolute Gasteiger partial charge is 0.476 e. The van der Waals surface area contributed by atoms with Gasteiger partial charge in [0.1, 0.15) is 0 Å². The van der Waals surface area contributed by atoms with Crippen LogP contribution >= 0.6 is 0 Å². The van der Waals surface area contributed by atoms with Crippen molar-refractivity contribution in [2.75, 3.05) is 13.1 Å². The zero-order valence-electron chi connectivity index (χ0n) is 10.2. The zero-order valence-corrected chi connectivity index (χ0v) is 10.2. The standard InChI is InChI=1S/C12H17N3O2/c1-9(2)3-4-14-5-6-15-10(8-14)7-11(13-15)12(16)17/h3,7H,4-6,8H2,1-2H3,(H,16,17). The lowest BCUT2D eigenvalue weighted by atomic mass is 10.2. The van der Waals surface area contributed by atoms with E-state index >= 15 is 0 Å². The SMILES string of the molecule is CC(C)=CCN1CCn2nc(C(=O)O)cc2C1. The second kappa shape index (κ2) is 4.71. The van der Waals surface area contributed by atoms with Gasteiger partial charge in [0.05, 0.1) is 12.2 Å². The molecule has 92 valence electrons. The molecule has 0 unspecified atom stereocenters. The van der Waals surface area contributed by atoms with Gasteiger partial charge in [0.15, 0.2) is 5.69 Å². The van der Waals surface area contributed by atoms with Crippen LogP contribution in [0.5, 0.6) is 0 Å². The van der Waals surface area contributed by atoms with E-state index in [-0.39, 0.29) is 5.69 Å². The summed E-state index contributed by atoms with van der Waals surface area (Å²) in [6, 6.07) is 1.66. The Bertz CT molecular complexity index is 458. The molecule has 1 N–H and O–H groups in total. The van der Waals surface area contributed by atoms with Crippen molar-refractivity contribution < 1.29 is 9.90 Å². The Hall–Kier alpha value is -1.62. The molecule has 0 atom stereocenters. The van der Waals surface area contributed by atoms with Crippen molar-refractivity contribution in [3.8, 4) is 0 Å². The number of carboxylic acid groups (broad SMARTS) is 1. The van der Waals surface area contributed by atoms with Crippen LogP contribution in [0, 0.1) is 0 Å². The van der Waals surface area contributed by atoms with Crippen molar-refractivity contribution in [2.24, 2.45) is 0 Å². The Morgan fingerprint density at radius 1 is 1.53 bits per heavy atom. The molecular weight excluding hydrogens is 218 g/mol. The van der Waals surface area contributed by atoms with Crippen LogP contribution in [-0.4, -0.2) is 38.8 Å². The van der Waals surface area contributed by atoms with Gasteiger partial charge in [-0.15, -0.1) is 0 Å². The Kier molecular flexibility index (Phi) is 3.28. The number of rotatable bonds is 3. The third kappa shape index (κ3) is 2.74. The highest BCUT2D eigenvalue weighted by molar-refractivity contribution is 5.85. The number of aromatic nitrogens is 2. The predicted molar refractivity (Wildman–Crippen MR) is 63.9 cm³/mol. The van der Waals surface area contributed by atoms with Gasteiger partial charge in [-0.2, -0.15) is 5.10 Å². The van der Waals surface area contributed by atoms with Gasteiger partial charge < -0.3 is 5.11 Å². The molecule has 2 rings (SSSR count). The first-order valence-electron chi connectivity index (χ1n) is 5.72. The highest BCUT2D eigenvalue weighted by atomic mass is 16.4. The van der Waals surface area contributed by atoms with Crippen LogP contribution in [0.1, 0.15) is 30.0 Å². The first-order valence-corrected chi connectivity index (χ1v) is 5.72. The predicted octanol–water partition coefficient (Wildman–Crippen LogP) is 1.36. The molecule has 5 heteroatoms. The Labute approximate surface area is 100 Å². The van der Waals surface area contributed by atoms with Crippen molar-refractivity contribution >= 4 is 5.97 Å². The number of hydrogen-bond donors (Lipinski definition) is 1. The minimum atomic E-state index is -0.956. The summed E-state index contributed by atoms with van der Waals surface area (Å²) in [7, 11) is 0. The van der Waals surface area contributed by atoms with E-state index in [4.69, 9.17) is 5.11 Å². The topological polar surface area (TPSA) is 58.4 Å². The van der Waals surface area contributed by atoms with E-state index in [9.17, 15) is 4.79 Å². The van der Waals surface area contributed by atoms with Crippen LogP contribution in [0.15, 0.2) is 17.7 Å². The van der Waals surface area contributed by atoms with Crippen molar-refractivity contribution in [2.45, 2.75) is 26.9 Å². The van der Waals surface area contributed by atoms with Gasteiger partial charge in [-0.1, -0.05) is 11.6 Å². The molecule has 1 aliphatic rings. The molecule has 1 aromatic heterocycles. The molecule has 0 saturated carbocycles. The quantitative estimate of drug-likeness (QED) is 0.804.